The lowest BCUT2D eigenvalue weighted by atomic mass is 9.91. The molecule has 0 saturated carbocycles. The second kappa shape index (κ2) is 7.80. The third kappa shape index (κ3) is 3.41. The van der Waals surface area contributed by atoms with E-state index in [4.69, 9.17) is 5.73 Å². The number of hydrogen-bond acceptors (Lipinski definition) is 3. The Morgan fingerprint density at radius 3 is 2.61 bits per heavy atom. The number of nitrogens with zero attached hydrogens (tertiary/aromatic N) is 6. The Balaban J connectivity index is 1.49. The fraction of sp³-hybridized carbons (Fsp3) is 0.320. The Hall–Kier alpha value is -3.55. The van der Waals surface area contributed by atoms with Crippen molar-refractivity contribution in [2.75, 3.05) is 18.8 Å². The number of fused-ring (bicyclic) bond motifs is 2. The van der Waals surface area contributed by atoms with Crippen LogP contribution in [0.5, 0.6) is 0 Å². The van der Waals surface area contributed by atoms with E-state index in [9.17, 15) is 0 Å². The van der Waals surface area contributed by atoms with Gasteiger partial charge in [0.05, 0.1) is 25.0 Å². The molecule has 33 heavy (non-hydrogen) atoms. The lowest BCUT2D eigenvalue weighted by molar-refractivity contribution is -0.508. The molecule has 3 aliphatic heterocycles. The van der Waals surface area contributed by atoms with Crippen LogP contribution in [-0.4, -0.2) is 55.3 Å². The van der Waals surface area contributed by atoms with Crippen LogP contribution in [0.4, 0.5) is 5.69 Å². The molecule has 0 amide bonds. The SMILES string of the molecule is CC(C)Cc1cn(-c2ccc3n2[B]N2C(=C3c3ccc(N)cc3)C=CC2=[N+]2CCCC2)nn1. The number of nitrogens with two attached hydrogens (primary N) is 1. The summed E-state index contributed by atoms with van der Waals surface area (Å²) in [4.78, 5) is 2.32. The fourth-order valence-corrected chi connectivity index (χ4v) is 5.03. The van der Waals surface area contributed by atoms with E-state index in [1.165, 1.54) is 29.9 Å². The zero-order valence-corrected chi connectivity index (χ0v) is 19.1. The molecule has 165 valence electrons. The van der Waals surface area contributed by atoms with Gasteiger partial charge in [-0.3, -0.25) is 9.39 Å². The van der Waals surface area contributed by atoms with Gasteiger partial charge in [-0.1, -0.05) is 31.2 Å². The summed E-state index contributed by atoms with van der Waals surface area (Å²) in [5.41, 5.74) is 12.4. The van der Waals surface area contributed by atoms with E-state index in [2.05, 4.69) is 82.0 Å². The van der Waals surface area contributed by atoms with Gasteiger partial charge in [0.25, 0.3) is 5.84 Å². The van der Waals surface area contributed by atoms with E-state index >= 15 is 0 Å². The lowest BCUT2D eigenvalue weighted by Crippen LogP contribution is -2.42. The molecule has 3 aromatic rings. The quantitative estimate of drug-likeness (QED) is 0.387. The second-order valence-corrected chi connectivity index (χ2v) is 9.45. The van der Waals surface area contributed by atoms with Crippen LogP contribution in [0.25, 0.3) is 11.4 Å². The number of benzene rings is 1. The summed E-state index contributed by atoms with van der Waals surface area (Å²) in [6.07, 6.45) is 9.94. The third-order valence-electron chi connectivity index (χ3n) is 6.56. The fourth-order valence-electron chi connectivity index (χ4n) is 5.03. The van der Waals surface area contributed by atoms with E-state index < -0.39 is 0 Å². The van der Waals surface area contributed by atoms with E-state index in [0.29, 0.717) is 5.92 Å². The van der Waals surface area contributed by atoms with Crippen LogP contribution in [0.2, 0.25) is 0 Å². The summed E-state index contributed by atoms with van der Waals surface area (Å²) in [7, 11) is 2.19. The van der Waals surface area contributed by atoms with Gasteiger partial charge in [0, 0.05) is 23.0 Å². The van der Waals surface area contributed by atoms with Gasteiger partial charge in [0.2, 0.25) is 0 Å². The van der Waals surface area contributed by atoms with E-state index in [1.807, 2.05) is 23.0 Å². The minimum absolute atomic E-state index is 0.541. The Bertz CT molecular complexity index is 1300. The van der Waals surface area contributed by atoms with Gasteiger partial charge in [0.1, 0.15) is 11.5 Å². The second-order valence-electron chi connectivity index (χ2n) is 9.45. The number of rotatable bonds is 4. The van der Waals surface area contributed by atoms with Crippen LogP contribution in [-0.2, 0) is 6.42 Å². The Morgan fingerprint density at radius 2 is 1.85 bits per heavy atom. The molecule has 7 nitrogen and oxygen atoms in total. The summed E-state index contributed by atoms with van der Waals surface area (Å²) >= 11 is 0. The van der Waals surface area contributed by atoms with Gasteiger partial charge >= 0.3 is 7.55 Å². The van der Waals surface area contributed by atoms with Crippen LogP contribution in [0.3, 0.4) is 0 Å². The average molecular weight is 437 g/mol. The van der Waals surface area contributed by atoms with E-state index in [0.717, 1.165) is 48.0 Å². The van der Waals surface area contributed by atoms with Crippen molar-refractivity contribution in [3.63, 3.8) is 0 Å². The maximum atomic E-state index is 6.00. The molecule has 1 saturated heterocycles. The molecule has 5 heterocycles. The molecule has 1 fully saturated rings. The van der Waals surface area contributed by atoms with E-state index in [1.54, 1.807) is 0 Å². The highest BCUT2D eigenvalue weighted by Gasteiger charge is 2.40. The van der Waals surface area contributed by atoms with Crippen molar-refractivity contribution in [1.29, 1.82) is 0 Å². The molecule has 2 N–H and O–H groups in total. The highest BCUT2D eigenvalue weighted by atomic mass is 15.5. The summed E-state index contributed by atoms with van der Waals surface area (Å²) in [6, 6.07) is 12.5. The predicted octanol–water partition coefficient (Wildman–Crippen LogP) is 3.08. The zero-order chi connectivity index (χ0) is 22.5. The van der Waals surface area contributed by atoms with Gasteiger partial charge in [0.15, 0.2) is 0 Å². The third-order valence-corrected chi connectivity index (χ3v) is 6.56. The van der Waals surface area contributed by atoms with Crippen molar-refractivity contribution >= 4 is 24.6 Å². The molecule has 0 unspecified atom stereocenters. The molecule has 8 heteroatoms. The minimum Gasteiger partial charge on any atom is -0.399 e. The number of nitrogen functional groups attached to an aromatic ring is 1. The molecular formula is C25H28BN7+. The maximum absolute atomic E-state index is 6.00. The van der Waals surface area contributed by atoms with Gasteiger partial charge in [-0.05, 0) is 61.1 Å². The number of anilines is 1. The number of hydrogen-bond donors (Lipinski definition) is 1. The Labute approximate surface area is 194 Å². The van der Waals surface area contributed by atoms with Gasteiger partial charge in [-0.25, -0.2) is 4.68 Å². The van der Waals surface area contributed by atoms with Crippen LogP contribution in [0.15, 0.2) is 60.4 Å². The van der Waals surface area contributed by atoms with E-state index in [-0.39, 0.29) is 0 Å². The summed E-state index contributed by atoms with van der Waals surface area (Å²) < 4.78 is 6.60. The average Bonchev–Trinajstić information content (AvgIpc) is 3.58. The summed E-state index contributed by atoms with van der Waals surface area (Å²) in [5.74, 6) is 2.76. The first kappa shape index (κ1) is 20.1. The number of amidine groups is 1. The van der Waals surface area contributed by atoms with Crippen molar-refractivity contribution in [3.8, 4) is 5.82 Å². The molecule has 2 aromatic heterocycles. The highest BCUT2D eigenvalue weighted by molar-refractivity contribution is 6.40. The normalized spacial score (nSPS) is 17.2. The lowest BCUT2D eigenvalue weighted by Gasteiger charge is -2.26. The van der Waals surface area contributed by atoms with Crippen LogP contribution in [0, 0.1) is 5.92 Å². The first-order valence-electron chi connectivity index (χ1n) is 11.8. The van der Waals surface area contributed by atoms with Crippen molar-refractivity contribution in [1.82, 2.24) is 24.3 Å². The van der Waals surface area contributed by atoms with Crippen LogP contribution >= 0.6 is 0 Å². The number of aromatic nitrogens is 4. The predicted molar refractivity (Wildman–Crippen MR) is 131 cm³/mol. The molecule has 0 spiro atoms. The summed E-state index contributed by atoms with van der Waals surface area (Å²) in [5, 5.41) is 8.87. The van der Waals surface area contributed by atoms with Gasteiger partial charge in [-0.15, -0.1) is 5.10 Å². The molecule has 3 aliphatic rings. The summed E-state index contributed by atoms with van der Waals surface area (Å²) in [6.45, 7) is 6.60. The van der Waals surface area contributed by atoms with Gasteiger partial charge in [-0.2, -0.15) is 0 Å². The van der Waals surface area contributed by atoms with Gasteiger partial charge < -0.3 is 10.2 Å². The number of allylic oxidation sites excluding steroid dienone is 1. The van der Waals surface area contributed by atoms with Crippen molar-refractivity contribution in [2.24, 2.45) is 5.92 Å². The first-order chi connectivity index (χ1) is 16.1. The zero-order valence-electron chi connectivity index (χ0n) is 19.1. The Morgan fingerprint density at radius 1 is 1.06 bits per heavy atom. The topological polar surface area (TPSA) is 67.9 Å². The van der Waals surface area contributed by atoms with Crippen molar-refractivity contribution in [3.05, 3.63) is 77.4 Å². The molecule has 6 rings (SSSR count). The first-order valence-corrected chi connectivity index (χ1v) is 11.8. The molecule has 1 aromatic carbocycles. The molecule has 1 radical (unpaired) electrons. The van der Waals surface area contributed by atoms with Crippen molar-refractivity contribution < 1.29 is 4.58 Å². The van der Waals surface area contributed by atoms with Crippen molar-refractivity contribution in [2.45, 2.75) is 33.1 Å². The molecular weight excluding hydrogens is 409 g/mol. The maximum Gasteiger partial charge on any atom is 0.553 e. The molecule has 0 bridgehead atoms. The van der Waals surface area contributed by atoms with Crippen LogP contribution in [0.1, 0.15) is 43.6 Å². The molecule has 0 aliphatic carbocycles. The molecule has 0 atom stereocenters. The Kier molecular flexibility index (Phi) is 4.75. The highest BCUT2D eigenvalue weighted by Crippen LogP contribution is 2.37. The van der Waals surface area contributed by atoms with Crippen LogP contribution < -0.4 is 5.73 Å². The minimum atomic E-state index is 0.541. The smallest absolute Gasteiger partial charge is 0.399 e. The standard InChI is InChI=1S/C25H27BN7/c1-17(2)15-20-16-31(29-28-20)24-12-10-22-25(18-5-7-19(27)8-6-18)21-9-11-23(30-13-3-4-14-30)32(21)26-33(22)24/h5-12,16-17,27H,3-4,13-15H2,1-2H3/p+1. The monoisotopic (exact) mass is 437 g/mol. The largest absolute Gasteiger partial charge is 0.553 e.